The van der Waals surface area contributed by atoms with Gasteiger partial charge in [-0.15, -0.1) is 10.2 Å². The molecule has 0 N–H and O–H groups in total. The molecule has 0 aliphatic carbocycles. The lowest BCUT2D eigenvalue weighted by atomic mass is 10.2. The van der Waals surface area contributed by atoms with Gasteiger partial charge in [0.2, 0.25) is 5.89 Å². The van der Waals surface area contributed by atoms with Crippen molar-refractivity contribution in [3.05, 3.63) is 54.1 Å². The van der Waals surface area contributed by atoms with E-state index in [1.165, 1.54) is 11.8 Å². The summed E-state index contributed by atoms with van der Waals surface area (Å²) in [5, 5.41) is 8.43. The van der Waals surface area contributed by atoms with Crippen LogP contribution < -0.4 is 9.47 Å². The second-order valence-corrected chi connectivity index (χ2v) is 6.45. The van der Waals surface area contributed by atoms with E-state index in [0.29, 0.717) is 33.9 Å². The predicted octanol–water partition coefficient (Wildman–Crippen LogP) is 3.71. The van der Waals surface area contributed by atoms with Crippen molar-refractivity contribution in [2.75, 3.05) is 26.6 Å². The molecule has 0 amide bonds. The molecule has 0 fully saturated rings. The summed E-state index contributed by atoms with van der Waals surface area (Å²) in [7, 11) is 3.13. The molecular weight excluding hydrogens is 392 g/mol. The molecule has 0 aliphatic heterocycles. The molecule has 3 aromatic rings. The van der Waals surface area contributed by atoms with Crippen molar-refractivity contribution in [2.45, 2.75) is 5.22 Å². The minimum absolute atomic E-state index is 0.0228. The Hall–Kier alpha value is -3.44. The third-order valence-electron chi connectivity index (χ3n) is 3.71. The minimum atomic E-state index is -0.399. The van der Waals surface area contributed by atoms with E-state index in [2.05, 4.69) is 22.0 Å². The fourth-order valence-electron chi connectivity index (χ4n) is 2.31. The Morgan fingerprint density at radius 3 is 2.59 bits per heavy atom. The van der Waals surface area contributed by atoms with Crippen LogP contribution in [0, 0.1) is 11.8 Å². The quantitative estimate of drug-likeness (QED) is 0.331. The fraction of sp³-hybridized carbons (Fsp3) is 0.190. The van der Waals surface area contributed by atoms with E-state index in [9.17, 15) is 4.79 Å². The second kappa shape index (κ2) is 10.2. The standard InChI is InChI=1S/C21H18N2O5S/c1-25-17-11-10-16(14-18(17)26-2)19-22-23-21(28-19)29-13-7-6-12-27-20(24)15-8-4-3-5-9-15/h3-5,8-11,14H,12-13H2,1-2H3. The lowest BCUT2D eigenvalue weighted by molar-refractivity contribution is 0.0556. The highest BCUT2D eigenvalue weighted by Crippen LogP contribution is 2.32. The van der Waals surface area contributed by atoms with Gasteiger partial charge < -0.3 is 18.6 Å². The van der Waals surface area contributed by atoms with Gasteiger partial charge in [-0.25, -0.2) is 4.79 Å². The molecule has 1 heterocycles. The Morgan fingerprint density at radius 1 is 1.03 bits per heavy atom. The maximum atomic E-state index is 11.8. The number of carbonyl (C=O) groups excluding carboxylic acids is 1. The van der Waals surface area contributed by atoms with Crippen molar-refractivity contribution < 1.29 is 23.4 Å². The van der Waals surface area contributed by atoms with Crippen molar-refractivity contribution in [3.8, 4) is 34.8 Å². The first-order valence-electron chi connectivity index (χ1n) is 8.58. The zero-order chi connectivity index (χ0) is 20.5. The number of nitrogens with zero attached hydrogens (tertiary/aromatic N) is 2. The van der Waals surface area contributed by atoms with E-state index in [-0.39, 0.29) is 6.61 Å². The van der Waals surface area contributed by atoms with Gasteiger partial charge in [-0.1, -0.05) is 41.8 Å². The summed E-state index contributed by atoms with van der Waals surface area (Å²) in [6.45, 7) is 0.0228. The van der Waals surface area contributed by atoms with E-state index in [0.717, 1.165) is 5.56 Å². The summed E-state index contributed by atoms with van der Waals surface area (Å²) in [5.74, 6) is 7.28. The molecule has 0 bridgehead atoms. The number of rotatable bonds is 7. The molecule has 0 radical (unpaired) electrons. The van der Waals surface area contributed by atoms with Crippen LogP contribution in [0.3, 0.4) is 0 Å². The Morgan fingerprint density at radius 2 is 1.83 bits per heavy atom. The van der Waals surface area contributed by atoms with Gasteiger partial charge in [-0.3, -0.25) is 0 Å². The molecular formula is C21H18N2O5S. The van der Waals surface area contributed by atoms with Crippen LogP contribution in [-0.2, 0) is 4.74 Å². The molecule has 2 aromatic carbocycles. The highest BCUT2D eigenvalue weighted by atomic mass is 32.2. The van der Waals surface area contributed by atoms with Crippen molar-refractivity contribution >= 4 is 17.7 Å². The third-order valence-corrected chi connectivity index (χ3v) is 4.42. The number of benzene rings is 2. The van der Waals surface area contributed by atoms with E-state index in [4.69, 9.17) is 18.6 Å². The summed E-state index contributed by atoms with van der Waals surface area (Å²) in [6.07, 6.45) is 0. The highest BCUT2D eigenvalue weighted by molar-refractivity contribution is 7.99. The number of hydrogen-bond acceptors (Lipinski definition) is 8. The lowest BCUT2D eigenvalue weighted by Crippen LogP contribution is -2.04. The first kappa shape index (κ1) is 20.3. The normalized spacial score (nSPS) is 10.0. The fourth-order valence-corrected chi connectivity index (χ4v) is 2.85. The van der Waals surface area contributed by atoms with Gasteiger partial charge in [0.05, 0.1) is 25.5 Å². The van der Waals surface area contributed by atoms with Crippen LogP contribution in [0.1, 0.15) is 10.4 Å². The molecule has 7 nitrogen and oxygen atoms in total. The van der Waals surface area contributed by atoms with Crippen LogP contribution in [0.4, 0.5) is 0 Å². The largest absolute Gasteiger partial charge is 0.493 e. The molecule has 0 spiro atoms. The Balaban J connectivity index is 1.49. The number of ether oxygens (including phenoxy) is 3. The summed E-state index contributed by atoms with van der Waals surface area (Å²) >= 11 is 1.30. The van der Waals surface area contributed by atoms with E-state index >= 15 is 0 Å². The number of aromatic nitrogens is 2. The van der Waals surface area contributed by atoms with Gasteiger partial charge >= 0.3 is 5.97 Å². The summed E-state index contributed by atoms with van der Waals surface area (Å²) in [4.78, 5) is 11.8. The van der Waals surface area contributed by atoms with Crippen LogP contribution in [0.5, 0.6) is 11.5 Å². The molecule has 0 saturated heterocycles. The van der Waals surface area contributed by atoms with Crippen molar-refractivity contribution in [1.29, 1.82) is 0 Å². The van der Waals surface area contributed by atoms with Crippen molar-refractivity contribution in [2.24, 2.45) is 0 Å². The molecule has 0 saturated carbocycles. The van der Waals surface area contributed by atoms with E-state index in [1.54, 1.807) is 50.6 Å². The van der Waals surface area contributed by atoms with Crippen LogP contribution in [0.25, 0.3) is 11.5 Å². The number of carbonyl (C=O) groups is 1. The van der Waals surface area contributed by atoms with Crippen molar-refractivity contribution in [3.63, 3.8) is 0 Å². The van der Waals surface area contributed by atoms with E-state index < -0.39 is 5.97 Å². The average Bonchev–Trinajstić information content (AvgIpc) is 3.25. The van der Waals surface area contributed by atoms with Gasteiger partial charge in [-0.2, -0.15) is 0 Å². The number of esters is 1. The SMILES string of the molecule is COc1ccc(-c2nnc(SCC#CCOC(=O)c3ccccc3)o2)cc1OC. The molecule has 1 aromatic heterocycles. The second-order valence-electron chi connectivity index (χ2n) is 5.53. The van der Waals surface area contributed by atoms with Crippen LogP contribution in [0.2, 0.25) is 0 Å². The third kappa shape index (κ3) is 5.53. The maximum absolute atomic E-state index is 11.8. The maximum Gasteiger partial charge on any atom is 0.339 e. The lowest BCUT2D eigenvalue weighted by Gasteiger charge is -2.07. The first-order valence-corrected chi connectivity index (χ1v) is 9.56. The van der Waals surface area contributed by atoms with Crippen LogP contribution in [0.15, 0.2) is 58.2 Å². The molecule has 148 valence electrons. The van der Waals surface area contributed by atoms with Crippen LogP contribution in [-0.4, -0.2) is 42.7 Å². The minimum Gasteiger partial charge on any atom is -0.493 e. The molecule has 8 heteroatoms. The number of methoxy groups -OCH3 is 2. The summed E-state index contributed by atoms with van der Waals surface area (Å²) < 4.78 is 21.2. The Labute approximate surface area is 172 Å². The van der Waals surface area contributed by atoms with Gasteiger partial charge in [-0.05, 0) is 30.3 Å². The van der Waals surface area contributed by atoms with Crippen LogP contribution >= 0.6 is 11.8 Å². The smallest absolute Gasteiger partial charge is 0.339 e. The average molecular weight is 410 g/mol. The van der Waals surface area contributed by atoms with Gasteiger partial charge in [0.25, 0.3) is 5.22 Å². The van der Waals surface area contributed by atoms with Crippen molar-refractivity contribution in [1.82, 2.24) is 10.2 Å². The zero-order valence-corrected chi connectivity index (χ0v) is 16.7. The van der Waals surface area contributed by atoms with Gasteiger partial charge in [0.15, 0.2) is 18.1 Å². The monoisotopic (exact) mass is 410 g/mol. The number of thioether (sulfide) groups is 1. The molecule has 3 rings (SSSR count). The Kier molecular flexibility index (Phi) is 7.14. The predicted molar refractivity (Wildman–Crippen MR) is 108 cm³/mol. The summed E-state index contributed by atoms with van der Waals surface area (Å²) in [5.41, 5.74) is 1.22. The first-order chi connectivity index (χ1) is 14.2. The molecule has 0 atom stereocenters. The van der Waals surface area contributed by atoms with Gasteiger partial charge in [0, 0.05) is 5.56 Å². The van der Waals surface area contributed by atoms with E-state index in [1.807, 2.05) is 12.1 Å². The number of hydrogen-bond donors (Lipinski definition) is 0. The highest BCUT2D eigenvalue weighted by Gasteiger charge is 2.12. The topological polar surface area (TPSA) is 83.7 Å². The molecule has 0 aliphatic rings. The zero-order valence-electron chi connectivity index (χ0n) is 15.9. The molecule has 29 heavy (non-hydrogen) atoms. The Bertz CT molecular complexity index is 1020. The summed E-state index contributed by atoms with van der Waals surface area (Å²) in [6, 6.07) is 14.1. The molecule has 0 unspecified atom stereocenters. The van der Waals surface area contributed by atoms with Gasteiger partial charge in [0.1, 0.15) is 0 Å².